The topological polar surface area (TPSA) is 104 Å². The largest absolute Gasteiger partial charge is 0.394 e. The van der Waals surface area contributed by atoms with E-state index in [2.05, 4.69) is 10.0 Å². The molecule has 1 aliphatic rings. The molecule has 0 aliphatic heterocycles. The molecule has 0 radical (unpaired) electrons. The van der Waals surface area contributed by atoms with E-state index >= 15 is 0 Å². The fourth-order valence-corrected chi connectivity index (χ4v) is 4.38. The molecule has 152 valence electrons. The Kier molecular flexibility index (Phi) is 5.87. The average Bonchev–Trinajstić information content (AvgIpc) is 3.42. The lowest BCUT2D eigenvalue weighted by molar-refractivity contribution is 0.0862. The molecule has 7 nitrogen and oxygen atoms in total. The highest BCUT2D eigenvalue weighted by molar-refractivity contribution is 7.88. The number of aromatic nitrogens is 1. The summed E-state index contributed by atoms with van der Waals surface area (Å²) in [5.74, 6) is -0.461. The second-order valence-electron chi connectivity index (χ2n) is 7.25. The van der Waals surface area contributed by atoms with Crippen LogP contribution in [0.4, 0.5) is 21.5 Å². The van der Waals surface area contributed by atoms with Gasteiger partial charge in [0.15, 0.2) is 0 Å². The Labute approximate surface area is 164 Å². The van der Waals surface area contributed by atoms with Crippen LogP contribution in [-0.2, 0) is 18.0 Å². The van der Waals surface area contributed by atoms with Gasteiger partial charge in [-0.15, -0.1) is 0 Å². The van der Waals surface area contributed by atoms with E-state index in [9.17, 15) is 18.5 Å². The number of benzene rings is 1. The van der Waals surface area contributed by atoms with Crippen LogP contribution >= 0.6 is 0 Å². The maximum Gasteiger partial charge on any atom is 0.252 e. The lowest BCUT2D eigenvalue weighted by atomic mass is 10.2. The van der Waals surface area contributed by atoms with Gasteiger partial charge in [-0.2, -0.15) is 0 Å². The molecule has 3 rings (SSSR count). The molecule has 28 heavy (non-hydrogen) atoms. The quantitative estimate of drug-likeness (QED) is 0.533. The van der Waals surface area contributed by atoms with Gasteiger partial charge in [0.05, 0.1) is 34.5 Å². The van der Waals surface area contributed by atoms with Crippen molar-refractivity contribution < 1.29 is 18.8 Å². The van der Waals surface area contributed by atoms with Crippen molar-refractivity contribution in [1.29, 1.82) is 0 Å². The Bertz CT molecular complexity index is 959. The highest BCUT2D eigenvalue weighted by Crippen LogP contribution is 2.46. The molecule has 0 amide bonds. The second kappa shape index (κ2) is 8.02. The van der Waals surface area contributed by atoms with Crippen LogP contribution in [0.5, 0.6) is 0 Å². The molecule has 0 saturated heterocycles. The van der Waals surface area contributed by atoms with E-state index < -0.39 is 34.3 Å². The first kappa shape index (κ1) is 20.5. The molecular weight excluding hydrogens is 385 g/mol. The minimum Gasteiger partial charge on any atom is -0.394 e. The number of anilines is 3. The molecule has 1 saturated carbocycles. The number of nitrogens with zero attached hydrogens (tertiary/aromatic N) is 1. The zero-order chi connectivity index (χ0) is 20.5. The molecule has 2 aromatic rings. The minimum absolute atomic E-state index is 0.199. The second-order valence-corrected chi connectivity index (χ2v) is 8.86. The number of hydrogen-bond acceptors (Lipinski definition) is 5. The van der Waals surface area contributed by atoms with Crippen molar-refractivity contribution in [2.75, 3.05) is 16.6 Å². The van der Waals surface area contributed by atoms with Crippen molar-refractivity contribution in [2.24, 2.45) is 7.05 Å². The van der Waals surface area contributed by atoms with Crippen LogP contribution in [0.15, 0.2) is 35.3 Å². The maximum atomic E-state index is 14.2. The highest BCUT2D eigenvalue weighted by Gasteiger charge is 2.50. The van der Waals surface area contributed by atoms with Gasteiger partial charge in [-0.25, -0.2) is 8.60 Å². The van der Waals surface area contributed by atoms with Crippen molar-refractivity contribution in [3.05, 3.63) is 52.2 Å². The van der Waals surface area contributed by atoms with Crippen LogP contribution < -0.4 is 15.6 Å². The SMILES string of the molecule is Cc1ccc(Nc2cc(=O)n(C)cc2NS(=O)C2(CC(O)CO)CC2)c(F)c1. The number of halogens is 1. The van der Waals surface area contributed by atoms with Gasteiger partial charge in [-0.05, 0) is 43.9 Å². The van der Waals surface area contributed by atoms with Gasteiger partial charge in [-0.3, -0.25) is 4.79 Å². The fraction of sp³-hybridized carbons (Fsp3) is 0.421. The van der Waals surface area contributed by atoms with Gasteiger partial charge in [0, 0.05) is 19.3 Å². The number of hydrogen-bond donors (Lipinski definition) is 4. The van der Waals surface area contributed by atoms with E-state index in [1.54, 1.807) is 26.1 Å². The Balaban J connectivity index is 1.87. The molecule has 4 N–H and O–H groups in total. The van der Waals surface area contributed by atoms with Gasteiger partial charge in [0.25, 0.3) is 5.56 Å². The number of pyridine rings is 1. The van der Waals surface area contributed by atoms with Gasteiger partial charge in [-0.1, -0.05) is 6.07 Å². The van der Waals surface area contributed by atoms with Crippen LogP contribution in [0.2, 0.25) is 0 Å². The zero-order valence-electron chi connectivity index (χ0n) is 15.7. The summed E-state index contributed by atoms with van der Waals surface area (Å²) in [5.41, 5.74) is 1.35. The summed E-state index contributed by atoms with van der Waals surface area (Å²) in [5, 5.41) is 21.7. The van der Waals surface area contributed by atoms with E-state index in [0.717, 1.165) is 5.56 Å². The molecule has 9 heteroatoms. The van der Waals surface area contributed by atoms with Crippen molar-refractivity contribution >= 4 is 28.0 Å². The standard InChI is InChI=1S/C19H24FN3O4S/c1-12-3-4-15(14(20)7-12)21-16-8-18(26)23(2)10-17(16)22-28(27)19(5-6-19)9-13(25)11-24/h3-4,7-8,10,13,21-22,24-25H,5-6,9,11H2,1-2H3. The van der Waals surface area contributed by atoms with Crippen molar-refractivity contribution in [2.45, 2.75) is 37.0 Å². The molecule has 2 unspecified atom stereocenters. The Hall–Kier alpha value is -2.23. The van der Waals surface area contributed by atoms with Crippen molar-refractivity contribution in [3.63, 3.8) is 0 Å². The summed E-state index contributed by atoms with van der Waals surface area (Å²) in [7, 11) is 0.00975. The van der Waals surface area contributed by atoms with Crippen LogP contribution in [0.3, 0.4) is 0 Å². The third kappa shape index (κ3) is 4.43. The molecule has 0 bridgehead atoms. The van der Waals surface area contributed by atoms with Gasteiger partial charge >= 0.3 is 0 Å². The first-order valence-corrected chi connectivity index (χ1v) is 10.1. The molecule has 0 spiro atoms. The first-order chi connectivity index (χ1) is 13.2. The zero-order valence-corrected chi connectivity index (χ0v) is 16.6. The predicted octanol–water partition coefficient (Wildman–Crippen LogP) is 1.93. The third-order valence-electron chi connectivity index (χ3n) is 4.84. The summed E-state index contributed by atoms with van der Waals surface area (Å²) < 4.78 is 30.7. The molecule has 1 aliphatic carbocycles. The third-order valence-corrected chi connectivity index (χ3v) is 6.61. The molecule has 1 aromatic carbocycles. The normalized spacial score (nSPS) is 17.0. The summed E-state index contributed by atoms with van der Waals surface area (Å²) in [6.07, 6.45) is 2.08. The molecule has 1 aromatic heterocycles. The average molecular weight is 409 g/mol. The molecular formula is C19H24FN3O4S. The van der Waals surface area contributed by atoms with E-state index in [-0.39, 0.29) is 17.7 Å². The van der Waals surface area contributed by atoms with E-state index in [1.165, 1.54) is 22.9 Å². The fourth-order valence-electron chi connectivity index (χ4n) is 2.99. The Morgan fingerprint density at radius 3 is 2.61 bits per heavy atom. The van der Waals surface area contributed by atoms with Gasteiger partial charge < -0.3 is 24.8 Å². The summed E-state index contributed by atoms with van der Waals surface area (Å²) >= 11 is 0. The molecule has 2 atom stereocenters. The predicted molar refractivity (Wildman–Crippen MR) is 108 cm³/mol. The van der Waals surface area contributed by atoms with Crippen LogP contribution in [0.1, 0.15) is 24.8 Å². The van der Waals surface area contributed by atoms with Gasteiger partial charge in [0.2, 0.25) is 0 Å². The van der Waals surface area contributed by atoms with Crippen LogP contribution in [0.25, 0.3) is 0 Å². The maximum absolute atomic E-state index is 14.2. The number of aryl methyl sites for hydroxylation is 2. The Morgan fingerprint density at radius 2 is 2.00 bits per heavy atom. The van der Waals surface area contributed by atoms with Crippen LogP contribution in [-0.4, -0.2) is 36.4 Å². The lowest BCUT2D eigenvalue weighted by Crippen LogP contribution is -2.30. The van der Waals surface area contributed by atoms with Crippen molar-refractivity contribution in [1.82, 2.24) is 4.57 Å². The monoisotopic (exact) mass is 409 g/mol. The lowest BCUT2D eigenvalue weighted by Gasteiger charge is -2.21. The highest BCUT2D eigenvalue weighted by atomic mass is 32.2. The number of aliphatic hydroxyl groups is 2. The molecule has 1 heterocycles. The van der Waals surface area contributed by atoms with E-state index in [4.69, 9.17) is 5.11 Å². The number of aliphatic hydroxyl groups excluding tert-OH is 2. The smallest absolute Gasteiger partial charge is 0.252 e. The number of nitrogens with one attached hydrogen (secondary N) is 2. The Morgan fingerprint density at radius 1 is 1.29 bits per heavy atom. The molecule has 1 fully saturated rings. The number of rotatable bonds is 8. The van der Waals surface area contributed by atoms with E-state index in [0.29, 0.717) is 24.2 Å². The minimum atomic E-state index is -1.55. The van der Waals surface area contributed by atoms with E-state index in [1.807, 2.05) is 0 Å². The van der Waals surface area contributed by atoms with Crippen LogP contribution in [0, 0.1) is 12.7 Å². The van der Waals surface area contributed by atoms with Gasteiger partial charge in [0.1, 0.15) is 16.8 Å². The summed E-state index contributed by atoms with van der Waals surface area (Å²) in [4.78, 5) is 12.1. The van der Waals surface area contributed by atoms with Crippen molar-refractivity contribution in [3.8, 4) is 0 Å². The summed E-state index contributed by atoms with van der Waals surface area (Å²) in [6, 6.07) is 6.00. The first-order valence-electron chi connectivity index (χ1n) is 8.95. The summed E-state index contributed by atoms with van der Waals surface area (Å²) in [6.45, 7) is 1.38.